The number of hydrogen-bond acceptors (Lipinski definition) is 5. The predicted octanol–water partition coefficient (Wildman–Crippen LogP) is 4.22. The SMILES string of the molecule is C=C/C=C\C(C)=[N+](\OC)C(=O)Nc1cc2cn(C3CCC(C)(O)CC3)nc2cc1OC. The minimum absolute atomic E-state index is 0.245. The molecule has 0 unspecified atom stereocenters. The quantitative estimate of drug-likeness (QED) is 0.312. The van der Waals surface area contributed by atoms with Gasteiger partial charge in [-0.2, -0.15) is 15.2 Å². The highest BCUT2D eigenvalue weighted by Crippen LogP contribution is 2.36. The van der Waals surface area contributed by atoms with Crippen LogP contribution in [0.3, 0.4) is 0 Å². The van der Waals surface area contributed by atoms with E-state index in [1.807, 2.05) is 29.9 Å². The maximum absolute atomic E-state index is 12.8. The molecule has 0 aliphatic heterocycles. The first-order chi connectivity index (χ1) is 14.8. The van der Waals surface area contributed by atoms with Crippen LogP contribution in [0.5, 0.6) is 5.75 Å². The van der Waals surface area contributed by atoms with Gasteiger partial charge in [-0.05, 0) is 49.5 Å². The third kappa shape index (κ3) is 5.14. The lowest BCUT2D eigenvalue weighted by molar-refractivity contribution is -0.704. The summed E-state index contributed by atoms with van der Waals surface area (Å²) in [4.78, 5) is 18.0. The number of hydroxylamine groups is 1. The molecule has 31 heavy (non-hydrogen) atoms. The number of amides is 2. The third-order valence-corrected chi connectivity index (χ3v) is 5.65. The molecule has 1 aliphatic carbocycles. The van der Waals surface area contributed by atoms with Gasteiger partial charge in [-0.3, -0.25) is 4.68 Å². The molecule has 166 valence electrons. The summed E-state index contributed by atoms with van der Waals surface area (Å²) in [6.07, 6.45) is 10.3. The molecule has 0 radical (unpaired) electrons. The van der Waals surface area contributed by atoms with Gasteiger partial charge in [0.2, 0.25) is 0 Å². The summed E-state index contributed by atoms with van der Waals surface area (Å²) < 4.78 is 8.60. The fourth-order valence-electron chi connectivity index (χ4n) is 3.84. The summed E-state index contributed by atoms with van der Waals surface area (Å²) in [7, 11) is 2.98. The summed E-state index contributed by atoms with van der Waals surface area (Å²) in [6, 6.07) is 3.45. The molecule has 0 saturated heterocycles. The average molecular weight is 428 g/mol. The smallest absolute Gasteiger partial charge is 0.492 e. The lowest BCUT2D eigenvalue weighted by Gasteiger charge is -2.33. The van der Waals surface area contributed by atoms with Crippen molar-refractivity contribution in [2.24, 2.45) is 0 Å². The lowest BCUT2D eigenvalue weighted by Crippen LogP contribution is -2.31. The van der Waals surface area contributed by atoms with Crippen LogP contribution in [0.15, 0.2) is 43.1 Å². The number of carbonyl (C=O) groups excluding carboxylic acids is 1. The van der Waals surface area contributed by atoms with E-state index in [2.05, 4.69) is 11.9 Å². The summed E-state index contributed by atoms with van der Waals surface area (Å²) >= 11 is 0. The van der Waals surface area contributed by atoms with E-state index < -0.39 is 11.6 Å². The summed E-state index contributed by atoms with van der Waals surface area (Å²) in [5, 5.41) is 18.7. The van der Waals surface area contributed by atoms with Crippen LogP contribution in [0, 0.1) is 0 Å². The number of allylic oxidation sites excluding steroid dienone is 3. The number of urea groups is 1. The van der Waals surface area contributed by atoms with Gasteiger partial charge < -0.3 is 14.7 Å². The van der Waals surface area contributed by atoms with E-state index in [0.29, 0.717) is 17.1 Å². The van der Waals surface area contributed by atoms with E-state index in [1.54, 1.807) is 32.3 Å². The number of rotatable bonds is 6. The zero-order valence-electron chi connectivity index (χ0n) is 18.6. The number of anilines is 1. The Morgan fingerprint density at radius 2 is 2.10 bits per heavy atom. The second-order valence-corrected chi connectivity index (χ2v) is 8.09. The van der Waals surface area contributed by atoms with E-state index in [-0.39, 0.29) is 6.04 Å². The maximum Gasteiger partial charge on any atom is 0.535 e. The Hall–Kier alpha value is -3.13. The predicted molar refractivity (Wildman–Crippen MR) is 121 cm³/mol. The zero-order chi connectivity index (χ0) is 22.6. The largest absolute Gasteiger partial charge is 0.535 e. The minimum Gasteiger partial charge on any atom is -0.492 e. The molecule has 0 bridgehead atoms. The number of nitrogens with one attached hydrogen (secondary N) is 1. The zero-order valence-corrected chi connectivity index (χ0v) is 18.6. The first kappa shape index (κ1) is 22.6. The molecule has 1 saturated carbocycles. The van der Waals surface area contributed by atoms with E-state index in [4.69, 9.17) is 14.7 Å². The highest BCUT2D eigenvalue weighted by Gasteiger charge is 2.30. The fourth-order valence-corrected chi connectivity index (χ4v) is 3.84. The Bertz CT molecular complexity index is 1030. The van der Waals surface area contributed by atoms with Gasteiger partial charge in [0.05, 0.1) is 24.3 Å². The van der Waals surface area contributed by atoms with Crippen molar-refractivity contribution in [3.63, 3.8) is 0 Å². The first-order valence-corrected chi connectivity index (χ1v) is 10.3. The number of carbonyl (C=O) groups is 1. The van der Waals surface area contributed by atoms with Crippen LogP contribution in [-0.4, -0.2) is 51.2 Å². The Kier molecular flexibility index (Phi) is 6.80. The maximum atomic E-state index is 12.8. The number of aromatic nitrogens is 2. The van der Waals surface area contributed by atoms with Crippen molar-refractivity contribution in [3.05, 3.63) is 43.1 Å². The first-order valence-electron chi connectivity index (χ1n) is 10.3. The van der Waals surface area contributed by atoms with Crippen molar-refractivity contribution in [2.45, 2.75) is 51.2 Å². The van der Waals surface area contributed by atoms with Gasteiger partial charge >= 0.3 is 6.03 Å². The van der Waals surface area contributed by atoms with E-state index >= 15 is 0 Å². The summed E-state index contributed by atoms with van der Waals surface area (Å²) in [6.45, 7) is 7.27. The van der Waals surface area contributed by atoms with Crippen LogP contribution < -0.4 is 10.1 Å². The van der Waals surface area contributed by atoms with Crippen LogP contribution >= 0.6 is 0 Å². The standard InChI is InChI=1S/C23H30N4O4/c1-6-7-8-16(2)27(31-5)22(28)24-20-13-17-15-26(25-19(17)14-21(20)30-4)18-9-11-23(3,29)12-10-18/h6-8,13-15,18,29H,1,9-12H2,2-5H3/p+1/b8-7-,27-16+. The molecule has 8 heteroatoms. The highest BCUT2D eigenvalue weighted by molar-refractivity contribution is 5.97. The second kappa shape index (κ2) is 9.34. The Labute approximate surface area is 182 Å². The van der Waals surface area contributed by atoms with Crippen LogP contribution in [-0.2, 0) is 4.84 Å². The minimum atomic E-state index is -0.590. The molecule has 0 atom stereocenters. The molecule has 2 aromatic rings. The Morgan fingerprint density at radius 1 is 1.39 bits per heavy atom. The van der Waals surface area contributed by atoms with Crippen LogP contribution in [0.4, 0.5) is 10.5 Å². The van der Waals surface area contributed by atoms with Gasteiger partial charge in [0.25, 0.3) is 0 Å². The fraction of sp³-hybridized carbons (Fsp3) is 0.435. The van der Waals surface area contributed by atoms with Crippen LogP contribution in [0.1, 0.15) is 45.6 Å². The Balaban J connectivity index is 1.88. The molecule has 1 aromatic heterocycles. The van der Waals surface area contributed by atoms with Gasteiger partial charge in [0.15, 0.2) is 17.1 Å². The molecule has 1 heterocycles. The number of ether oxygens (including phenoxy) is 1. The number of aliphatic hydroxyl groups is 1. The van der Waals surface area contributed by atoms with Gasteiger partial charge in [-0.15, -0.1) is 0 Å². The van der Waals surface area contributed by atoms with Gasteiger partial charge in [0.1, 0.15) is 7.11 Å². The van der Waals surface area contributed by atoms with Crippen molar-refractivity contribution < 1.29 is 24.2 Å². The molecule has 3 rings (SSSR count). The van der Waals surface area contributed by atoms with Crippen molar-refractivity contribution >= 4 is 28.3 Å². The number of hydrogen-bond donors (Lipinski definition) is 2. The summed E-state index contributed by atoms with van der Waals surface area (Å²) in [5.41, 5.74) is 1.31. The molecule has 1 fully saturated rings. The van der Waals surface area contributed by atoms with Crippen molar-refractivity contribution in [1.29, 1.82) is 0 Å². The molecule has 8 nitrogen and oxygen atoms in total. The van der Waals surface area contributed by atoms with Crippen LogP contribution in [0.25, 0.3) is 10.9 Å². The average Bonchev–Trinajstić information content (AvgIpc) is 3.14. The second-order valence-electron chi connectivity index (χ2n) is 8.09. The Morgan fingerprint density at radius 3 is 2.71 bits per heavy atom. The summed E-state index contributed by atoms with van der Waals surface area (Å²) in [5.74, 6) is 0.507. The van der Waals surface area contributed by atoms with Crippen molar-refractivity contribution in [1.82, 2.24) is 9.78 Å². The molecule has 0 spiro atoms. The molecule has 1 aromatic carbocycles. The van der Waals surface area contributed by atoms with E-state index in [9.17, 15) is 9.90 Å². The molecule has 1 aliphatic rings. The number of fused-ring (bicyclic) bond motifs is 1. The monoisotopic (exact) mass is 427 g/mol. The van der Waals surface area contributed by atoms with E-state index in [1.165, 1.54) is 7.11 Å². The number of benzene rings is 1. The normalized spacial score (nSPS) is 22.3. The lowest BCUT2D eigenvalue weighted by atomic mass is 9.84. The number of methoxy groups -OCH3 is 1. The van der Waals surface area contributed by atoms with Gasteiger partial charge in [0, 0.05) is 24.6 Å². The van der Waals surface area contributed by atoms with E-state index in [0.717, 1.165) is 41.3 Å². The highest BCUT2D eigenvalue weighted by atomic mass is 16.7. The van der Waals surface area contributed by atoms with Gasteiger partial charge in [-0.25, -0.2) is 0 Å². The van der Waals surface area contributed by atoms with Crippen LogP contribution in [0.2, 0.25) is 0 Å². The van der Waals surface area contributed by atoms with Gasteiger partial charge in [-0.1, -0.05) is 18.7 Å². The third-order valence-electron chi connectivity index (χ3n) is 5.65. The molecule has 2 amide bonds. The molecule has 2 N–H and O–H groups in total. The molecular weight excluding hydrogens is 396 g/mol. The molecular formula is C23H31N4O4+. The topological polar surface area (TPSA) is 88.6 Å². The van der Waals surface area contributed by atoms with Crippen molar-refractivity contribution in [2.75, 3.05) is 19.5 Å². The van der Waals surface area contributed by atoms with Crippen molar-refractivity contribution in [3.8, 4) is 5.75 Å². The number of nitrogens with zero attached hydrogens (tertiary/aromatic N) is 3.